The predicted octanol–water partition coefficient (Wildman–Crippen LogP) is 1.00. The van der Waals surface area contributed by atoms with Crippen molar-refractivity contribution in [1.82, 2.24) is 4.90 Å². The second-order valence-electron chi connectivity index (χ2n) is 5.60. The van der Waals surface area contributed by atoms with Crippen LogP contribution in [0.1, 0.15) is 19.8 Å². The number of hydrogen-bond donors (Lipinski definition) is 2. The van der Waals surface area contributed by atoms with Crippen molar-refractivity contribution in [3.05, 3.63) is 24.3 Å². The highest BCUT2D eigenvalue weighted by Crippen LogP contribution is 2.16. The van der Waals surface area contributed by atoms with Gasteiger partial charge in [0.1, 0.15) is 0 Å². The molecule has 0 aromatic heterocycles. The van der Waals surface area contributed by atoms with Crippen LogP contribution in [0.2, 0.25) is 0 Å². The lowest BCUT2D eigenvalue weighted by atomic mass is 10.0. The van der Waals surface area contributed by atoms with Gasteiger partial charge < -0.3 is 5.32 Å². The molecule has 1 amide bonds. The molecule has 1 atom stereocenters. The van der Waals surface area contributed by atoms with Crippen LogP contribution in [0.4, 0.5) is 5.69 Å². The number of carbonyl (C=O) groups is 1. The van der Waals surface area contributed by atoms with Crippen molar-refractivity contribution >= 4 is 21.6 Å². The number of primary sulfonamides is 1. The van der Waals surface area contributed by atoms with Gasteiger partial charge in [0.15, 0.2) is 0 Å². The minimum Gasteiger partial charge on any atom is -0.325 e. The van der Waals surface area contributed by atoms with Crippen molar-refractivity contribution in [2.75, 3.05) is 25.0 Å². The summed E-state index contributed by atoms with van der Waals surface area (Å²) in [5.74, 6) is 0.466. The molecular weight excluding hydrogens is 290 g/mol. The molecular formula is C14H21N3O3S. The Kier molecular flexibility index (Phi) is 4.97. The van der Waals surface area contributed by atoms with Gasteiger partial charge >= 0.3 is 0 Å². The molecule has 0 spiro atoms. The van der Waals surface area contributed by atoms with E-state index in [1.807, 2.05) is 0 Å². The second-order valence-corrected chi connectivity index (χ2v) is 7.16. The minimum atomic E-state index is -3.76. The lowest BCUT2D eigenvalue weighted by Crippen LogP contribution is -2.39. The Balaban J connectivity index is 1.96. The highest BCUT2D eigenvalue weighted by molar-refractivity contribution is 7.89. The number of nitrogens with two attached hydrogens (primary N) is 1. The summed E-state index contributed by atoms with van der Waals surface area (Å²) in [4.78, 5) is 14.1. The molecule has 1 saturated heterocycles. The van der Waals surface area contributed by atoms with Crippen LogP contribution in [0, 0.1) is 5.92 Å². The number of nitrogens with one attached hydrogen (secondary N) is 1. The van der Waals surface area contributed by atoms with Gasteiger partial charge in [-0.1, -0.05) is 13.0 Å². The number of sulfonamides is 1. The Morgan fingerprint density at radius 2 is 2.24 bits per heavy atom. The molecule has 116 valence electrons. The van der Waals surface area contributed by atoms with E-state index in [-0.39, 0.29) is 10.8 Å². The van der Waals surface area contributed by atoms with E-state index in [9.17, 15) is 13.2 Å². The number of carbonyl (C=O) groups excluding carboxylic acids is 1. The Bertz CT molecular complexity index is 616. The third kappa shape index (κ3) is 4.80. The third-order valence-electron chi connectivity index (χ3n) is 3.55. The average Bonchev–Trinajstić information content (AvgIpc) is 2.37. The zero-order chi connectivity index (χ0) is 15.5. The number of amides is 1. The van der Waals surface area contributed by atoms with Gasteiger partial charge in [-0.3, -0.25) is 9.69 Å². The van der Waals surface area contributed by atoms with Gasteiger partial charge in [-0.25, -0.2) is 13.6 Å². The normalized spacial score (nSPS) is 20.2. The molecule has 3 N–H and O–H groups in total. The zero-order valence-corrected chi connectivity index (χ0v) is 12.9. The molecule has 0 aliphatic carbocycles. The van der Waals surface area contributed by atoms with E-state index in [2.05, 4.69) is 17.1 Å². The Hall–Kier alpha value is -1.44. The van der Waals surface area contributed by atoms with E-state index < -0.39 is 10.0 Å². The number of piperidine rings is 1. The maximum Gasteiger partial charge on any atom is 0.238 e. The van der Waals surface area contributed by atoms with E-state index in [1.54, 1.807) is 12.1 Å². The number of rotatable bonds is 4. The van der Waals surface area contributed by atoms with Gasteiger partial charge in [-0.15, -0.1) is 0 Å². The van der Waals surface area contributed by atoms with E-state index in [0.717, 1.165) is 19.5 Å². The van der Waals surface area contributed by atoms with E-state index in [0.29, 0.717) is 18.2 Å². The fourth-order valence-electron chi connectivity index (χ4n) is 2.58. The van der Waals surface area contributed by atoms with E-state index in [4.69, 9.17) is 5.14 Å². The summed E-state index contributed by atoms with van der Waals surface area (Å²) in [5.41, 5.74) is 0.441. The molecule has 7 heteroatoms. The summed E-state index contributed by atoms with van der Waals surface area (Å²) in [6.07, 6.45) is 2.31. The van der Waals surface area contributed by atoms with Crippen LogP contribution in [0.25, 0.3) is 0 Å². The van der Waals surface area contributed by atoms with Crippen molar-refractivity contribution in [2.45, 2.75) is 24.7 Å². The van der Waals surface area contributed by atoms with Gasteiger partial charge in [0, 0.05) is 12.2 Å². The van der Waals surface area contributed by atoms with Crippen molar-refractivity contribution in [3.8, 4) is 0 Å². The fourth-order valence-corrected chi connectivity index (χ4v) is 3.14. The standard InChI is InChI=1S/C14H21N3O3S/c1-11-4-3-7-17(9-11)10-14(18)16-12-5-2-6-13(8-12)21(15,19)20/h2,5-6,8,11H,3-4,7,9-10H2,1H3,(H,16,18)(H2,15,19,20). The van der Waals surface area contributed by atoms with Gasteiger partial charge in [-0.2, -0.15) is 0 Å². The first kappa shape index (κ1) is 15.9. The molecule has 1 heterocycles. The van der Waals surface area contributed by atoms with Crippen LogP contribution in [0.5, 0.6) is 0 Å². The Morgan fingerprint density at radius 1 is 1.48 bits per heavy atom. The molecule has 1 aromatic rings. The van der Waals surface area contributed by atoms with Crippen LogP contribution < -0.4 is 10.5 Å². The average molecular weight is 311 g/mol. The summed E-state index contributed by atoms with van der Waals surface area (Å²) in [5, 5.41) is 7.79. The van der Waals surface area contributed by atoms with Crippen molar-refractivity contribution < 1.29 is 13.2 Å². The first-order valence-corrected chi connectivity index (χ1v) is 8.54. The van der Waals surface area contributed by atoms with E-state index in [1.165, 1.54) is 18.6 Å². The topological polar surface area (TPSA) is 92.5 Å². The molecule has 21 heavy (non-hydrogen) atoms. The van der Waals surface area contributed by atoms with Crippen molar-refractivity contribution in [3.63, 3.8) is 0 Å². The molecule has 0 radical (unpaired) electrons. The number of likely N-dealkylation sites (tertiary alicyclic amines) is 1. The Labute approximate surface area is 125 Å². The molecule has 1 aromatic carbocycles. The SMILES string of the molecule is CC1CCCN(CC(=O)Nc2cccc(S(N)(=O)=O)c2)C1. The molecule has 0 bridgehead atoms. The molecule has 1 aliphatic rings. The maximum atomic E-state index is 12.0. The monoisotopic (exact) mass is 311 g/mol. The van der Waals surface area contributed by atoms with Gasteiger partial charge in [0.05, 0.1) is 11.4 Å². The van der Waals surface area contributed by atoms with Crippen LogP contribution in [-0.4, -0.2) is 38.9 Å². The van der Waals surface area contributed by atoms with Crippen LogP contribution >= 0.6 is 0 Å². The zero-order valence-electron chi connectivity index (χ0n) is 12.1. The minimum absolute atomic E-state index is 0.00750. The summed E-state index contributed by atoms with van der Waals surface area (Å²) < 4.78 is 22.6. The summed E-state index contributed by atoms with van der Waals surface area (Å²) in [6, 6.07) is 5.97. The first-order valence-electron chi connectivity index (χ1n) is 6.99. The lowest BCUT2D eigenvalue weighted by molar-refractivity contribution is -0.117. The van der Waals surface area contributed by atoms with Crippen molar-refractivity contribution in [2.24, 2.45) is 11.1 Å². The van der Waals surface area contributed by atoms with E-state index >= 15 is 0 Å². The quantitative estimate of drug-likeness (QED) is 0.868. The number of benzene rings is 1. The molecule has 1 aliphatic heterocycles. The van der Waals surface area contributed by atoms with Gasteiger partial charge in [0.25, 0.3) is 0 Å². The van der Waals surface area contributed by atoms with Crippen LogP contribution in [0.3, 0.4) is 0 Å². The highest BCUT2D eigenvalue weighted by Gasteiger charge is 2.18. The summed E-state index contributed by atoms with van der Waals surface area (Å²) >= 11 is 0. The second kappa shape index (κ2) is 6.55. The van der Waals surface area contributed by atoms with Crippen LogP contribution in [-0.2, 0) is 14.8 Å². The van der Waals surface area contributed by atoms with Crippen molar-refractivity contribution in [1.29, 1.82) is 0 Å². The molecule has 0 saturated carbocycles. The fraction of sp³-hybridized carbons (Fsp3) is 0.500. The molecule has 2 rings (SSSR count). The smallest absolute Gasteiger partial charge is 0.238 e. The maximum absolute atomic E-state index is 12.0. The number of nitrogens with zero attached hydrogens (tertiary/aromatic N) is 1. The first-order chi connectivity index (χ1) is 9.84. The summed E-state index contributed by atoms with van der Waals surface area (Å²) in [7, 11) is -3.76. The largest absolute Gasteiger partial charge is 0.325 e. The number of hydrogen-bond acceptors (Lipinski definition) is 4. The molecule has 1 fully saturated rings. The highest BCUT2D eigenvalue weighted by atomic mass is 32.2. The number of anilines is 1. The predicted molar refractivity (Wildman–Crippen MR) is 81.3 cm³/mol. The van der Waals surface area contributed by atoms with Gasteiger partial charge in [0.2, 0.25) is 15.9 Å². The van der Waals surface area contributed by atoms with Crippen LogP contribution in [0.15, 0.2) is 29.2 Å². The Morgan fingerprint density at radius 3 is 2.90 bits per heavy atom. The molecule has 6 nitrogen and oxygen atoms in total. The van der Waals surface area contributed by atoms with Gasteiger partial charge in [-0.05, 0) is 43.5 Å². The molecule has 1 unspecified atom stereocenters. The third-order valence-corrected chi connectivity index (χ3v) is 4.47. The summed E-state index contributed by atoms with van der Waals surface area (Å²) in [6.45, 7) is 4.35. The lowest BCUT2D eigenvalue weighted by Gasteiger charge is -2.30.